The van der Waals surface area contributed by atoms with E-state index in [-0.39, 0.29) is 16.7 Å². The van der Waals surface area contributed by atoms with E-state index in [9.17, 15) is 9.18 Å². The minimum absolute atomic E-state index is 0.0622. The average molecular weight is 292 g/mol. The molecule has 80 valence electrons. The minimum Gasteiger partial charge on any atom is -0.299 e. The van der Waals surface area contributed by atoms with E-state index in [2.05, 4.69) is 15.9 Å². The van der Waals surface area contributed by atoms with Gasteiger partial charge in [-0.05, 0) is 40.4 Å². The Morgan fingerprint density at radius 1 is 1.47 bits per heavy atom. The van der Waals surface area contributed by atoms with Crippen LogP contribution in [0.5, 0.6) is 0 Å². The molecule has 0 bridgehead atoms. The van der Waals surface area contributed by atoms with Crippen LogP contribution in [0, 0.1) is 5.82 Å². The van der Waals surface area contributed by atoms with Gasteiger partial charge < -0.3 is 0 Å². The number of halogens is 3. The summed E-state index contributed by atoms with van der Waals surface area (Å²) < 4.78 is 14.3. The molecule has 1 unspecified atom stereocenters. The van der Waals surface area contributed by atoms with E-state index in [0.717, 1.165) is 12.8 Å². The molecule has 0 N–H and O–H groups in total. The molecule has 1 saturated carbocycles. The van der Waals surface area contributed by atoms with Crippen LogP contribution in [-0.4, -0.2) is 5.78 Å². The zero-order chi connectivity index (χ0) is 11.0. The Labute approximate surface area is 101 Å². The van der Waals surface area contributed by atoms with E-state index in [1.165, 1.54) is 0 Å². The molecular formula is C11H9BrClFO. The van der Waals surface area contributed by atoms with Crippen molar-refractivity contribution in [3.05, 3.63) is 33.0 Å². The summed E-state index contributed by atoms with van der Waals surface area (Å²) in [4.78, 5) is 11.5. The maximum absolute atomic E-state index is 13.8. The molecule has 1 nitrogen and oxygen atoms in total. The lowest BCUT2D eigenvalue weighted by molar-refractivity contribution is -0.118. The van der Waals surface area contributed by atoms with Gasteiger partial charge in [-0.2, -0.15) is 0 Å². The van der Waals surface area contributed by atoms with Crippen LogP contribution in [0.3, 0.4) is 0 Å². The smallest absolute Gasteiger partial charge is 0.146 e. The van der Waals surface area contributed by atoms with Gasteiger partial charge in [0, 0.05) is 16.8 Å². The normalized spacial score (nSPS) is 21.0. The first kappa shape index (κ1) is 11.1. The molecule has 0 amide bonds. The van der Waals surface area contributed by atoms with Gasteiger partial charge in [0.2, 0.25) is 0 Å². The molecule has 2 rings (SSSR count). The number of hydrogen-bond acceptors (Lipinski definition) is 1. The number of ketones is 1. The summed E-state index contributed by atoms with van der Waals surface area (Å²) in [5.41, 5.74) is 0.436. The van der Waals surface area contributed by atoms with E-state index in [1.54, 1.807) is 12.1 Å². The highest BCUT2D eigenvalue weighted by molar-refractivity contribution is 9.10. The molecule has 0 spiro atoms. The maximum Gasteiger partial charge on any atom is 0.146 e. The van der Waals surface area contributed by atoms with Crippen molar-refractivity contribution in [2.75, 3.05) is 0 Å². The number of rotatable bonds is 1. The van der Waals surface area contributed by atoms with Crippen LogP contribution >= 0.6 is 27.5 Å². The minimum atomic E-state index is -0.466. The van der Waals surface area contributed by atoms with E-state index >= 15 is 0 Å². The third-order valence-corrected chi connectivity index (χ3v) is 4.00. The van der Waals surface area contributed by atoms with Crippen LogP contribution in [0.15, 0.2) is 16.6 Å². The van der Waals surface area contributed by atoms with Gasteiger partial charge in [0.05, 0.1) is 5.02 Å². The largest absolute Gasteiger partial charge is 0.299 e. The van der Waals surface area contributed by atoms with Crippen LogP contribution in [0.4, 0.5) is 4.39 Å². The van der Waals surface area contributed by atoms with Crippen LogP contribution in [-0.2, 0) is 4.79 Å². The fourth-order valence-corrected chi connectivity index (χ4v) is 2.43. The maximum atomic E-state index is 13.8. The van der Waals surface area contributed by atoms with Crippen molar-refractivity contribution in [1.29, 1.82) is 0 Å². The molecule has 1 aliphatic carbocycles. The van der Waals surface area contributed by atoms with Gasteiger partial charge in [-0.25, -0.2) is 4.39 Å². The van der Waals surface area contributed by atoms with Crippen LogP contribution in [0.2, 0.25) is 5.02 Å². The molecular weight excluding hydrogens is 282 g/mol. The first-order chi connectivity index (χ1) is 7.11. The molecule has 0 saturated heterocycles. The molecule has 0 heterocycles. The summed E-state index contributed by atoms with van der Waals surface area (Å²) in [6.07, 6.45) is 2.13. The molecule has 0 aromatic heterocycles. The van der Waals surface area contributed by atoms with Crippen molar-refractivity contribution in [2.45, 2.75) is 25.2 Å². The number of carbonyl (C=O) groups is 1. The van der Waals surface area contributed by atoms with Gasteiger partial charge in [-0.15, -0.1) is 0 Å². The Morgan fingerprint density at radius 3 is 2.80 bits per heavy atom. The molecule has 1 aliphatic rings. The lowest BCUT2D eigenvalue weighted by atomic mass is 9.96. The van der Waals surface area contributed by atoms with Crippen molar-refractivity contribution in [3.63, 3.8) is 0 Å². The fourth-order valence-electron chi connectivity index (χ4n) is 1.95. The molecule has 0 radical (unpaired) electrons. The Bertz CT molecular complexity index is 419. The number of Topliss-reactive ketones (excluding diaryl/α,β-unsaturated/α-hetero) is 1. The van der Waals surface area contributed by atoms with Crippen LogP contribution < -0.4 is 0 Å². The number of hydrogen-bond donors (Lipinski definition) is 0. The highest BCUT2D eigenvalue weighted by atomic mass is 79.9. The summed E-state index contributed by atoms with van der Waals surface area (Å²) in [7, 11) is 0. The fraction of sp³-hybridized carbons (Fsp3) is 0.364. The highest BCUT2D eigenvalue weighted by Gasteiger charge is 2.29. The van der Waals surface area contributed by atoms with E-state index in [1.807, 2.05) is 0 Å². The molecule has 1 fully saturated rings. The lowest BCUT2D eigenvalue weighted by Crippen LogP contribution is -2.06. The topological polar surface area (TPSA) is 17.1 Å². The lowest BCUT2D eigenvalue weighted by Gasteiger charge is -2.11. The number of carbonyl (C=O) groups excluding carboxylic acids is 1. The van der Waals surface area contributed by atoms with Gasteiger partial charge in [-0.3, -0.25) is 4.79 Å². The van der Waals surface area contributed by atoms with Crippen molar-refractivity contribution in [3.8, 4) is 0 Å². The second-order valence-electron chi connectivity index (χ2n) is 3.68. The van der Waals surface area contributed by atoms with Crippen molar-refractivity contribution in [2.24, 2.45) is 0 Å². The van der Waals surface area contributed by atoms with E-state index in [4.69, 9.17) is 11.6 Å². The predicted octanol–water partition coefficient (Wildman–Crippen LogP) is 4.08. The average Bonchev–Trinajstić information content (AvgIpc) is 2.62. The van der Waals surface area contributed by atoms with Gasteiger partial charge in [0.1, 0.15) is 11.6 Å². The Kier molecular flexibility index (Phi) is 3.12. The Morgan fingerprint density at radius 2 is 2.20 bits per heavy atom. The second-order valence-corrected chi connectivity index (χ2v) is 4.91. The summed E-state index contributed by atoms with van der Waals surface area (Å²) in [6, 6.07) is 3.32. The van der Waals surface area contributed by atoms with Gasteiger partial charge in [-0.1, -0.05) is 17.7 Å². The summed E-state index contributed by atoms with van der Waals surface area (Å²) in [5, 5.41) is 0.0622. The van der Waals surface area contributed by atoms with Crippen molar-refractivity contribution in [1.82, 2.24) is 0 Å². The van der Waals surface area contributed by atoms with Crippen molar-refractivity contribution < 1.29 is 9.18 Å². The van der Waals surface area contributed by atoms with Crippen molar-refractivity contribution >= 4 is 33.3 Å². The zero-order valence-electron chi connectivity index (χ0n) is 7.90. The quantitative estimate of drug-likeness (QED) is 0.713. The Hall–Kier alpha value is -0.410. The SMILES string of the molecule is O=C1CCCC1c1ccc(Br)c(Cl)c1F. The van der Waals surface area contributed by atoms with E-state index < -0.39 is 5.82 Å². The molecule has 1 aromatic rings. The summed E-state index contributed by atoms with van der Waals surface area (Å²) >= 11 is 8.92. The van der Waals surface area contributed by atoms with E-state index in [0.29, 0.717) is 16.5 Å². The third kappa shape index (κ3) is 1.95. The molecule has 4 heteroatoms. The Balaban J connectivity index is 2.45. The first-order valence-corrected chi connectivity index (χ1v) is 5.94. The van der Waals surface area contributed by atoms with Gasteiger partial charge in [0.25, 0.3) is 0 Å². The molecule has 1 aromatic carbocycles. The highest BCUT2D eigenvalue weighted by Crippen LogP contribution is 2.36. The molecule has 1 atom stereocenters. The third-order valence-electron chi connectivity index (χ3n) is 2.75. The monoisotopic (exact) mass is 290 g/mol. The second kappa shape index (κ2) is 4.22. The van der Waals surface area contributed by atoms with Crippen LogP contribution in [0.1, 0.15) is 30.7 Å². The van der Waals surface area contributed by atoms with Gasteiger partial charge in [0.15, 0.2) is 0 Å². The number of benzene rings is 1. The molecule has 0 aliphatic heterocycles. The summed E-state index contributed by atoms with van der Waals surface area (Å²) in [5.74, 6) is -0.644. The standard InChI is InChI=1S/C11H9BrClFO/c12-8-5-4-7(11(14)10(8)13)6-2-1-3-9(6)15/h4-6H,1-3H2. The van der Waals surface area contributed by atoms with Crippen LogP contribution in [0.25, 0.3) is 0 Å². The zero-order valence-corrected chi connectivity index (χ0v) is 10.2. The van der Waals surface area contributed by atoms with Gasteiger partial charge >= 0.3 is 0 Å². The predicted molar refractivity (Wildman–Crippen MR) is 60.7 cm³/mol. The first-order valence-electron chi connectivity index (χ1n) is 4.77. The molecule has 15 heavy (non-hydrogen) atoms. The summed E-state index contributed by atoms with van der Waals surface area (Å²) in [6.45, 7) is 0.